The molecule has 0 aliphatic heterocycles. The minimum atomic E-state index is -4.64. The third-order valence-electron chi connectivity index (χ3n) is 3.88. The van der Waals surface area contributed by atoms with Crippen molar-refractivity contribution >= 4 is 23.5 Å². The summed E-state index contributed by atoms with van der Waals surface area (Å²) in [5.74, 6) is -1.32. The first-order valence-electron chi connectivity index (χ1n) is 8.35. The average Bonchev–Trinajstić information content (AvgIpc) is 2.62. The smallest absolute Gasteiger partial charge is 0.417 e. The Morgan fingerprint density at radius 1 is 1.25 bits per heavy atom. The van der Waals surface area contributed by atoms with Gasteiger partial charge in [-0.15, -0.1) is 0 Å². The molecule has 2 aromatic rings. The van der Waals surface area contributed by atoms with Gasteiger partial charge in [-0.1, -0.05) is 41.9 Å². The Hall–Kier alpha value is -2.61. The van der Waals surface area contributed by atoms with E-state index in [1.54, 1.807) is 37.3 Å². The molecule has 0 saturated carbocycles. The molecule has 1 aromatic heterocycles. The van der Waals surface area contributed by atoms with Gasteiger partial charge in [0.2, 0.25) is 5.91 Å². The highest BCUT2D eigenvalue weighted by molar-refractivity contribution is 6.31. The molecule has 0 radical (unpaired) electrons. The minimum absolute atomic E-state index is 0.0185. The lowest BCUT2D eigenvalue weighted by Crippen LogP contribution is -2.38. The van der Waals surface area contributed by atoms with Crippen molar-refractivity contribution in [1.29, 1.82) is 0 Å². The molecule has 150 valence electrons. The molecule has 5 nitrogen and oxygen atoms in total. The first-order chi connectivity index (χ1) is 13.1. The predicted molar refractivity (Wildman–Crippen MR) is 96.3 cm³/mol. The van der Waals surface area contributed by atoms with Gasteiger partial charge in [-0.05, 0) is 18.6 Å². The number of rotatable bonds is 6. The molecule has 0 saturated heterocycles. The number of carbonyl (C=O) groups is 2. The molecule has 1 heterocycles. The van der Waals surface area contributed by atoms with Crippen LogP contribution < -0.4 is 0 Å². The van der Waals surface area contributed by atoms with Crippen molar-refractivity contribution in [3.63, 3.8) is 0 Å². The van der Waals surface area contributed by atoms with Crippen LogP contribution in [0.5, 0.6) is 0 Å². The number of alkyl halides is 3. The van der Waals surface area contributed by atoms with Crippen LogP contribution in [0.2, 0.25) is 5.02 Å². The second-order valence-electron chi connectivity index (χ2n) is 5.88. The van der Waals surface area contributed by atoms with Crippen molar-refractivity contribution in [2.24, 2.45) is 0 Å². The number of nitrogens with zero attached hydrogens (tertiary/aromatic N) is 2. The number of halogens is 4. The molecule has 0 fully saturated rings. The third-order valence-corrected chi connectivity index (χ3v) is 4.18. The Labute approximate surface area is 165 Å². The van der Waals surface area contributed by atoms with Gasteiger partial charge < -0.3 is 9.64 Å². The second kappa shape index (κ2) is 9.05. The fourth-order valence-electron chi connectivity index (χ4n) is 2.58. The molecular formula is C19H18ClF3N2O3. The summed E-state index contributed by atoms with van der Waals surface area (Å²) in [6.45, 7) is 2.86. The zero-order valence-electron chi connectivity index (χ0n) is 15.2. The summed E-state index contributed by atoms with van der Waals surface area (Å²) in [5, 5.41) is -0.382. The number of pyridine rings is 1. The minimum Gasteiger partial charge on any atom is -0.464 e. The SMILES string of the molecule is CCOC(=O)C(c1ncc(C(F)(F)F)cc1Cl)N(Cc1ccccc1)C(C)=O. The van der Waals surface area contributed by atoms with Crippen LogP contribution >= 0.6 is 11.6 Å². The van der Waals surface area contributed by atoms with E-state index >= 15 is 0 Å². The first kappa shape index (κ1) is 21.7. The van der Waals surface area contributed by atoms with E-state index in [0.29, 0.717) is 12.3 Å². The zero-order chi connectivity index (χ0) is 20.9. The Morgan fingerprint density at radius 2 is 1.89 bits per heavy atom. The Balaban J connectivity index is 2.51. The van der Waals surface area contributed by atoms with Crippen LogP contribution in [0.1, 0.15) is 36.7 Å². The van der Waals surface area contributed by atoms with Crippen molar-refractivity contribution in [2.45, 2.75) is 32.6 Å². The lowest BCUT2D eigenvalue weighted by Gasteiger charge is -2.29. The van der Waals surface area contributed by atoms with Crippen molar-refractivity contribution < 1.29 is 27.5 Å². The normalized spacial score (nSPS) is 12.4. The molecule has 0 aliphatic carbocycles. The Kier molecular flexibility index (Phi) is 7.01. The number of esters is 1. The van der Waals surface area contributed by atoms with Crippen molar-refractivity contribution in [3.05, 3.63) is 64.4 Å². The maximum atomic E-state index is 12.9. The van der Waals surface area contributed by atoms with Crippen LogP contribution in [0.4, 0.5) is 13.2 Å². The topological polar surface area (TPSA) is 59.5 Å². The van der Waals surface area contributed by atoms with E-state index in [0.717, 1.165) is 10.5 Å². The van der Waals surface area contributed by atoms with Gasteiger partial charge in [0.15, 0.2) is 6.04 Å². The summed E-state index contributed by atoms with van der Waals surface area (Å²) in [5.41, 5.74) is -0.518. The van der Waals surface area contributed by atoms with Crippen LogP contribution in [-0.2, 0) is 27.0 Å². The molecule has 1 amide bonds. The number of hydrogen-bond acceptors (Lipinski definition) is 4. The first-order valence-corrected chi connectivity index (χ1v) is 8.73. The van der Waals surface area contributed by atoms with E-state index in [-0.39, 0.29) is 23.9 Å². The summed E-state index contributed by atoms with van der Waals surface area (Å²) >= 11 is 6.02. The summed E-state index contributed by atoms with van der Waals surface area (Å²) in [6, 6.07) is 8.11. The molecule has 0 aliphatic rings. The van der Waals surface area contributed by atoms with Gasteiger partial charge in [-0.2, -0.15) is 13.2 Å². The van der Waals surface area contributed by atoms with Gasteiger partial charge in [-0.25, -0.2) is 4.79 Å². The number of aromatic nitrogens is 1. The highest BCUT2D eigenvalue weighted by atomic mass is 35.5. The molecule has 2 rings (SSSR count). The van der Waals surface area contributed by atoms with Gasteiger partial charge in [0.05, 0.1) is 22.9 Å². The summed E-state index contributed by atoms with van der Waals surface area (Å²) < 4.78 is 43.7. The summed E-state index contributed by atoms with van der Waals surface area (Å²) in [4.78, 5) is 29.8. The number of amides is 1. The van der Waals surface area contributed by atoms with Crippen LogP contribution in [0.3, 0.4) is 0 Å². The van der Waals surface area contributed by atoms with E-state index in [4.69, 9.17) is 16.3 Å². The molecule has 1 atom stereocenters. The molecule has 28 heavy (non-hydrogen) atoms. The highest BCUT2D eigenvalue weighted by Gasteiger charge is 2.37. The quantitative estimate of drug-likeness (QED) is 0.657. The average molecular weight is 415 g/mol. The maximum Gasteiger partial charge on any atom is 0.417 e. The summed E-state index contributed by atoms with van der Waals surface area (Å²) in [6.07, 6.45) is -4.06. The monoisotopic (exact) mass is 414 g/mol. The third kappa shape index (κ3) is 5.22. The fourth-order valence-corrected chi connectivity index (χ4v) is 2.85. The molecule has 0 bridgehead atoms. The molecule has 1 unspecified atom stereocenters. The second-order valence-corrected chi connectivity index (χ2v) is 6.28. The lowest BCUT2D eigenvalue weighted by molar-refractivity contribution is -0.155. The maximum absolute atomic E-state index is 12.9. The lowest BCUT2D eigenvalue weighted by atomic mass is 10.1. The van der Waals surface area contributed by atoms with Gasteiger partial charge >= 0.3 is 12.1 Å². The van der Waals surface area contributed by atoms with E-state index in [2.05, 4.69) is 4.98 Å². The molecule has 0 N–H and O–H groups in total. The number of benzene rings is 1. The van der Waals surface area contributed by atoms with E-state index < -0.39 is 29.7 Å². The molecular weight excluding hydrogens is 397 g/mol. The van der Waals surface area contributed by atoms with Crippen LogP contribution in [0.15, 0.2) is 42.6 Å². The Morgan fingerprint density at radius 3 is 2.39 bits per heavy atom. The number of ether oxygens (including phenoxy) is 1. The number of hydrogen-bond donors (Lipinski definition) is 0. The van der Waals surface area contributed by atoms with E-state index in [1.807, 2.05) is 0 Å². The van der Waals surface area contributed by atoms with Gasteiger partial charge in [0.1, 0.15) is 0 Å². The zero-order valence-corrected chi connectivity index (χ0v) is 15.9. The van der Waals surface area contributed by atoms with E-state index in [1.165, 1.54) is 6.92 Å². The standard InChI is InChI=1S/C19H18ClF3N2O3/c1-3-28-18(27)17(16-15(20)9-14(10-24-16)19(21,22)23)25(12(2)26)11-13-7-5-4-6-8-13/h4-10,17H,3,11H2,1-2H3. The van der Waals surface area contributed by atoms with Gasteiger partial charge in [0.25, 0.3) is 0 Å². The van der Waals surface area contributed by atoms with Crippen molar-refractivity contribution in [1.82, 2.24) is 9.88 Å². The van der Waals surface area contributed by atoms with Crippen LogP contribution in [0.25, 0.3) is 0 Å². The molecule has 9 heteroatoms. The predicted octanol–water partition coefficient (Wildman–Crippen LogP) is 4.41. The Bertz CT molecular complexity index is 844. The summed E-state index contributed by atoms with van der Waals surface area (Å²) in [7, 11) is 0. The van der Waals surface area contributed by atoms with Gasteiger partial charge in [0, 0.05) is 19.7 Å². The molecule has 1 aromatic carbocycles. The van der Waals surface area contributed by atoms with Gasteiger partial charge in [-0.3, -0.25) is 9.78 Å². The van der Waals surface area contributed by atoms with Crippen molar-refractivity contribution in [2.75, 3.05) is 6.61 Å². The largest absolute Gasteiger partial charge is 0.464 e. The van der Waals surface area contributed by atoms with Crippen LogP contribution in [0, 0.1) is 0 Å². The fraction of sp³-hybridized carbons (Fsp3) is 0.316. The van der Waals surface area contributed by atoms with E-state index in [9.17, 15) is 22.8 Å². The van der Waals surface area contributed by atoms with Crippen LogP contribution in [-0.4, -0.2) is 28.4 Å². The number of carbonyl (C=O) groups excluding carboxylic acids is 2. The van der Waals surface area contributed by atoms with Crippen molar-refractivity contribution in [3.8, 4) is 0 Å². The highest BCUT2D eigenvalue weighted by Crippen LogP contribution is 2.34. The molecule has 0 spiro atoms.